The van der Waals surface area contributed by atoms with Gasteiger partial charge in [0.15, 0.2) is 0 Å². The van der Waals surface area contributed by atoms with E-state index >= 15 is 0 Å². The maximum absolute atomic E-state index is 3.36. The number of aryl methyl sites for hydroxylation is 2. The fraction of sp³-hybridized carbons (Fsp3) is 0.167. The molecule has 0 nitrogen and oxygen atoms in total. The first-order valence-electron chi connectivity index (χ1n) is 13.3. The van der Waals surface area contributed by atoms with Crippen LogP contribution in [-0.2, 0) is 24.2 Å². The van der Waals surface area contributed by atoms with Crippen LogP contribution >= 0.6 is 0 Å². The van der Waals surface area contributed by atoms with E-state index in [2.05, 4.69) is 155 Å². The molecule has 0 heterocycles. The van der Waals surface area contributed by atoms with Gasteiger partial charge in [-0.25, -0.2) is 11.3 Å². The molecule has 5 aromatic rings. The van der Waals surface area contributed by atoms with E-state index in [-0.39, 0.29) is 24.8 Å². The Hall–Kier alpha value is -2.22. The summed E-state index contributed by atoms with van der Waals surface area (Å²) in [6, 6.07) is 36.7. The van der Waals surface area contributed by atoms with Gasteiger partial charge in [0.05, 0.1) is 0 Å². The molecular weight excluding hydrogens is 623 g/mol. The quantitative estimate of drug-likeness (QED) is 0.205. The fourth-order valence-corrected chi connectivity index (χ4v) is 6.63. The standard InChI is InChI=1S/C15H13.C13H10.C8H13Si.2ClH.Zr/c1-10-3-5-14-12(7-10)9-13-8-11(2)4-6-15(13)14;1-3-7-12(8-4-1)11-13-9-5-2-6-10-13;1-9(2,3)8-6-4-5-7-8;;;/h3-9H,1-2H3;1-10H;4,6H,5H2,1-3H3;2*1H;/q-1;;-1;;;+2/p-2. The van der Waals surface area contributed by atoms with E-state index in [4.69, 9.17) is 0 Å². The summed E-state index contributed by atoms with van der Waals surface area (Å²) in [5, 5.41) is 6.94. The molecule has 0 fully saturated rings. The average Bonchev–Trinajstić information content (AvgIpc) is 3.58. The molecule has 1 aliphatic rings. The molecule has 0 saturated carbocycles. The van der Waals surface area contributed by atoms with Crippen LogP contribution in [0.1, 0.15) is 28.7 Å². The average molecular weight is 659 g/mol. The van der Waals surface area contributed by atoms with Crippen molar-refractivity contribution in [1.82, 2.24) is 0 Å². The normalized spacial score (nSPS) is 11.8. The molecule has 0 aliphatic heterocycles. The third kappa shape index (κ3) is 9.15. The Morgan fingerprint density at radius 2 is 1.15 bits per heavy atom. The molecule has 40 heavy (non-hydrogen) atoms. The second kappa shape index (κ2) is 15.7. The Kier molecular flexibility index (Phi) is 13.3. The van der Waals surface area contributed by atoms with E-state index in [1.54, 1.807) is 0 Å². The summed E-state index contributed by atoms with van der Waals surface area (Å²) in [4.78, 5) is 0. The summed E-state index contributed by atoms with van der Waals surface area (Å²) < 4.78 is 1.42. The van der Waals surface area contributed by atoms with E-state index in [0.29, 0.717) is 0 Å². The van der Waals surface area contributed by atoms with Crippen molar-refractivity contribution >= 4 is 32.8 Å². The molecule has 5 aromatic carbocycles. The van der Waals surface area contributed by atoms with E-state index < -0.39 is 8.07 Å². The van der Waals surface area contributed by atoms with Crippen molar-refractivity contribution in [2.45, 2.75) is 39.9 Å². The van der Waals surface area contributed by atoms with Crippen LogP contribution < -0.4 is 24.8 Å². The minimum absolute atomic E-state index is 0. The predicted octanol–water partition coefficient (Wildman–Crippen LogP) is 3.69. The van der Waals surface area contributed by atoms with Crippen LogP contribution in [0.2, 0.25) is 19.6 Å². The third-order valence-electron chi connectivity index (χ3n) is 6.64. The minimum atomic E-state index is -1.01. The molecule has 0 saturated heterocycles. The van der Waals surface area contributed by atoms with Gasteiger partial charge in [-0.2, -0.15) is 6.08 Å². The van der Waals surface area contributed by atoms with Gasteiger partial charge in [-0.05, 0) is 13.8 Å². The van der Waals surface area contributed by atoms with Crippen molar-refractivity contribution in [3.05, 3.63) is 149 Å². The van der Waals surface area contributed by atoms with Crippen molar-refractivity contribution in [1.29, 1.82) is 0 Å². The van der Waals surface area contributed by atoms with Gasteiger partial charge in [-0.1, -0.05) is 55.0 Å². The zero-order valence-corrected chi connectivity index (χ0v) is 28.9. The second-order valence-corrected chi connectivity index (χ2v) is 17.1. The van der Waals surface area contributed by atoms with Crippen LogP contribution in [0.4, 0.5) is 0 Å². The van der Waals surface area contributed by atoms with Gasteiger partial charge in [0, 0.05) is 8.07 Å². The molecule has 0 atom stereocenters. The van der Waals surface area contributed by atoms with Crippen molar-refractivity contribution in [3.8, 4) is 0 Å². The van der Waals surface area contributed by atoms with Crippen LogP contribution in [0.5, 0.6) is 0 Å². The SMILES string of the molecule is C[Si](C)(C)C1=[C-]CC=C1.Cc1ccc2c(c1)[cH-]c1cc(C)ccc12.[Cl-].[Cl-].[Zr+2]=[C](c1ccccc1)c1ccccc1. The van der Waals surface area contributed by atoms with Crippen molar-refractivity contribution < 1.29 is 49.0 Å². The van der Waals surface area contributed by atoms with Gasteiger partial charge in [0.2, 0.25) is 0 Å². The topological polar surface area (TPSA) is 0 Å². The summed E-state index contributed by atoms with van der Waals surface area (Å²) in [5.41, 5.74) is 5.32. The van der Waals surface area contributed by atoms with E-state index in [9.17, 15) is 0 Å². The molecule has 0 aromatic heterocycles. The Balaban J connectivity index is 0.000000211. The van der Waals surface area contributed by atoms with E-state index in [0.717, 1.165) is 6.42 Å². The second-order valence-electron chi connectivity index (χ2n) is 10.9. The van der Waals surface area contributed by atoms with Gasteiger partial charge in [0.25, 0.3) is 0 Å². The summed E-state index contributed by atoms with van der Waals surface area (Å²) in [7, 11) is -1.01. The van der Waals surface area contributed by atoms with Crippen LogP contribution in [0, 0.1) is 19.9 Å². The molecule has 0 unspecified atom stereocenters. The molecule has 0 radical (unpaired) electrons. The fourth-order valence-electron chi connectivity index (χ4n) is 4.56. The zero-order valence-electron chi connectivity index (χ0n) is 23.9. The first-order valence-corrected chi connectivity index (χ1v) is 18.0. The molecule has 0 amide bonds. The summed E-state index contributed by atoms with van der Waals surface area (Å²) >= 11 is 1.46. The summed E-state index contributed by atoms with van der Waals surface area (Å²) in [5.74, 6) is 0. The van der Waals surface area contributed by atoms with Gasteiger partial charge in [-0.3, -0.25) is 6.08 Å². The Bertz CT molecular complexity index is 1490. The molecule has 4 heteroatoms. The van der Waals surface area contributed by atoms with Crippen molar-refractivity contribution in [2.75, 3.05) is 0 Å². The van der Waals surface area contributed by atoms with Crippen LogP contribution in [-0.4, -0.2) is 11.3 Å². The Morgan fingerprint density at radius 3 is 1.50 bits per heavy atom. The monoisotopic (exact) mass is 656 g/mol. The maximum atomic E-state index is 3.36. The first kappa shape index (κ1) is 34.0. The van der Waals surface area contributed by atoms with Gasteiger partial charge < -0.3 is 24.8 Å². The zero-order chi connectivity index (χ0) is 27.1. The van der Waals surface area contributed by atoms with Gasteiger partial charge >= 0.3 is 99.2 Å². The number of rotatable bonds is 3. The van der Waals surface area contributed by atoms with E-state index in [1.165, 1.54) is 76.4 Å². The van der Waals surface area contributed by atoms with Gasteiger partial charge in [0.1, 0.15) is 0 Å². The van der Waals surface area contributed by atoms with E-state index in [1.807, 2.05) is 0 Å². The molecule has 0 N–H and O–H groups in total. The van der Waals surface area contributed by atoms with Crippen LogP contribution in [0.25, 0.3) is 21.5 Å². The van der Waals surface area contributed by atoms with Crippen molar-refractivity contribution in [3.63, 3.8) is 0 Å². The molecular formula is C36H36Cl2SiZr-2. The molecule has 6 rings (SSSR count). The Morgan fingerprint density at radius 1 is 0.700 bits per heavy atom. The van der Waals surface area contributed by atoms with Crippen molar-refractivity contribution in [2.24, 2.45) is 0 Å². The Labute approximate surface area is 268 Å². The molecule has 204 valence electrons. The number of fused-ring (bicyclic) bond motifs is 3. The third-order valence-corrected chi connectivity index (χ3v) is 10.0. The number of halogens is 2. The number of hydrogen-bond donors (Lipinski definition) is 0. The molecule has 1 aliphatic carbocycles. The number of hydrogen-bond acceptors (Lipinski definition) is 0. The van der Waals surface area contributed by atoms with Gasteiger partial charge in [-0.15, -0.1) is 46.2 Å². The predicted molar refractivity (Wildman–Crippen MR) is 166 cm³/mol. The van der Waals surface area contributed by atoms with Crippen LogP contribution in [0.15, 0.2) is 120 Å². The first-order chi connectivity index (χ1) is 18.2. The number of allylic oxidation sites excluding steroid dienone is 4. The molecule has 0 bridgehead atoms. The molecule has 0 spiro atoms. The van der Waals surface area contributed by atoms with Crippen LogP contribution in [0.3, 0.4) is 0 Å². The summed E-state index contributed by atoms with van der Waals surface area (Å²) in [6.45, 7) is 11.3. The summed E-state index contributed by atoms with van der Waals surface area (Å²) in [6.07, 6.45) is 8.82. The number of benzene rings is 4.